The monoisotopic (exact) mass is 292 g/mol. The van der Waals surface area contributed by atoms with E-state index in [0.29, 0.717) is 5.82 Å². The summed E-state index contributed by atoms with van der Waals surface area (Å²) >= 11 is 0. The Bertz CT molecular complexity index is 523. The van der Waals surface area contributed by atoms with Crippen LogP contribution in [0.4, 0.5) is 5.82 Å². The van der Waals surface area contributed by atoms with E-state index in [1.165, 1.54) is 0 Å². The van der Waals surface area contributed by atoms with Crippen LogP contribution in [0.2, 0.25) is 0 Å². The number of anilines is 1. The van der Waals surface area contributed by atoms with Crippen molar-refractivity contribution in [3.8, 4) is 0 Å². The molecule has 0 aromatic carbocycles. The van der Waals surface area contributed by atoms with Crippen molar-refractivity contribution in [3.63, 3.8) is 0 Å². The number of carbonyl (C=O) groups is 1. The van der Waals surface area contributed by atoms with Crippen LogP contribution in [-0.2, 0) is 10.2 Å². The van der Waals surface area contributed by atoms with Gasteiger partial charge in [-0.1, -0.05) is 20.8 Å². The maximum atomic E-state index is 11.3. The molecule has 1 aliphatic carbocycles. The van der Waals surface area contributed by atoms with Gasteiger partial charge < -0.3 is 15.2 Å². The third-order valence-electron chi connectivity index (χ3n) is 3.93. The Kier molecular flexibility index (Phi) is 4.52. The SMILES string of the molecule is COC1CCCC1Nc1cc(C(=O)O)cc(C(C)(C)C)n1. The number of carboxylic acids is 1. The van der Waals surface area contributed by atoms with E-state index in [0.717, 1.165) is 25.0 Å². The molecule has 116 valence electrons. The Balaban J connectivity index is 2.30. The van der Waals surface area contributed by atoms with Crippen LogP contribution >= 0.6 is 0 Å². The maximum Gasteiger partial charge on any atom is 0.335 e. The van der Waals surface area contributed by atoms with E-state index < -0.39 is 5.97 Å². The van der Waals surface area contributed by atoms with Gasteiger partial charge in [-0.05, 0) is 31.4 Å². The summed E-state index contributed by atoms with van der Waals surface area (Å²) in [6.07, 6.45) is 3.32. The second kappa shape index (κ2) is 6.02. The molecular formula is C16H24N2O3. The van der Waals surface area contributed by atoms with Gasteiger partial charge in [-0.3, -0.25) is 0 Å². The summed E-state index contributed by atoms with van der Waals surface area (Å²) in [7, 11) is 1.71. The number of hydrogen-bond acceptors (Lipinski definition) is 4. The van der Waals surface area contributed by atoms with Crippen LogP contribution in [0.1, 0.15) is 56.1 Å². The molecule has 1 fully saturated rings. The van der Waals surface area contributed by atoms with Crippen LogP contribution in [-0.4, -0.2) is 35.3 Å². The lowest BCUT2D eigenvalue weighted by molar-refractivity contribution is 0.0696. The molecule has 1 aliphatic rings. The van der Waals surface area contributed by atoms with Gasteiger partial charge in [0.2, 0.25) is 0 Å². The summed E-state index contributed by atoms with van der Waals surface area (Å²) in [5.41, 5.74) is 0.847. The first-order valence-electron chi connectivity index (χ1n) is 7.36. The highest BCUT2D eigenvalue weighted by atomic mass is 16.5. The van der Waals surface area contributed by atoms with E-state index in [4.69, 9.17) is 4.74 Å². The van der Waals surface area contributed by atoms with E-state index in [2.05, 4.69) is 10.3 Å². The molecule has 2 unspecified atom stereocenters. The Labute approximate surface area is 125 Å². The van der Waals surface area contributed by atoms with Crippen LogP contribution in [0.25, 0.3) is 0 Å². The zero-order chi connectivity index (χ0) is 15.6. The molecule has 2 atom stereocenters. The number of rotatable bonds is 4. The van der Waals surface area contributed by atoms with Crippen molar-refractivity contribution in [2.75, 3.05) is 12.4 Å². The summed E-state index contributed by atoms with van der Waals surface area (Å²) in [5.74, 6) is -0.311. The molecule has 1 aromatic rings. The average molecular weight is 292 g/mol. The second-order valence-electron chi connectivity index (χ2n) is 6.64. The standard InChI is InChI=1S/C16H24N2O3/c1-16(2,3)13-8-10(15(19)20)9-14(18-13)17-11-6-5-7-12(11)21-4/h8-9,11-12H,5-7H2,1-4H3,(H,17,18)(H,19,20). The molecule has 2 rings (SSSR count). The second-order valence-corrected chi connectivity index (χ2v) is 6.64. The summed E-state index contributed by atoms with van der Waals surface area (Å²) in [6.45, 7) is 6.08. The molecule has 0 saturated heterocycles. The number of nitrogens with zero attached hydrogens (tertiary/aromatic N) is 1. The summed E-state index contributed by atoms with van der Waals surface area (Å²) in [5, 5.41) is 12.6. The fourth-order valence-electron chi connectivity index (χ4n) is 2.68. The molecule has 2 N–H and O–H groups in total. The molecule has 1 aromatic heterocycles. The van der Waals surface area contributed by atoms with Crippen LogP contribution < -0.4 is 5.32 Å². The third-order valence-corrected chi connectivity index (χ3v) is 3.93. The third kappa shape index (κ3) is 3.73. The molecule has 1 saturated carbocycles. The van der Waals surface area contributed by atoms with Crippen LogP contribution in [0, 0.1) is 0 Å². The van der Waals surface area contributed by atoms with Gasteiger partial charge in [0.05, 0.1) is 17.7 Å². The van der Waals surface area contributed by atoms with Gasteiger partial charge >= 0.3 is 5.97 Å². The molecule has 1 heterocycles. The van der Waals surface area contributed by atoms with Gasteiger partial charge in [0.25, 0.3) is 0 Å². The van der Waals surface area contributed by atoms with Crippen molar-refractivity contribution < 1.29 is 14.6 Å². The molecule has 5 nitrogen and oxygen atoms in total. The lowest BCUT2D eigenvalue weighted by Gasteiger charge is -2.23. The maximum absolute atomic E-state index is 11.3. The van der Waals surface area contributed by atoms with Crippen molar-refractivity contribution in [3.05, 3.63) is 23.4 Å². The number of hydrogen-bond donors (Lipinski definition) is 2. The zero-order valence-electron chi connectivity index (χ0n) is 13.1. The molecule has 0 bridgehead atoms. The predicted octanol–water partition coefficient (Wildman–Crippen LogP) is 3.06. The van der Waals surface area contributed by atoms with Gasteiger partial charge in [0, 0.05) is 18.2 Å². The minimum absolute atomic E-state index is 0.165. The van der Waals surface area contributed by atoms with E-state index in [9.17, 15) is 9.90 Å². The number of ether oxygens (including phenoxy) is 1. The summed E-state index contributed by atoms with van der Waals surface area (Å²) < 4.78 is 5.46. The number of aromatic nitrogens is 1. The van der Waals surface area contributed by atoms with E-state index in [-0.39, 0.29) is 23.1 Å². The average Bonchev–Trinajstić information content (AvgIpc) is 2.84. The molecule has 0 aliphatic heterocycles. The zero-order valence-corrected chi connectivity index (χ0v) is 13.1. The minimum Gasteiger partial charge on any atom is -0.478 e. The first-order chi connectivity index (χ1) is 9.81. The Morgan fingerprint density at radius 1 is 1.38 bits per heavy atom. The number of methoxy groups -OCH3 is 1. The lowest BCUT2D eigenvalue weighted by Crippen LogP contribution is -2.30. The largest absolute Gasteiger partial charge is 0.478 e. The number of aromatic carboxylic acids is 1. The highest BCUT2D eigenvalue weighted by Crippen LogP contribution is 2.27. The fraction of sp³-hybridized carbons (Fsp3) is 0.625. The number of carboxylic acid groups (broad SMARTS) is 1. The molecule has 21 heavy (non-hydrogen) atoms. The van der Waals surface area contributed by atoms with Crippen molar-refractivity contribution in [2.24, 2.45) is 0 Å². The number of nitrogens with one attached hydrogen (secondary N) is 1. The van der Waals surface area contributed by atoms with E-state index in [1.54, 1.807) is 19.2 Å². The van der Waals surface area contributed by atoms with E-state index in [1.807, 2.05) is 20.8 Å². The van der Waals surface area contributed by atoms with Gasteiger partial charge in [-0.15, -0.1) is 0 Å². The van der Waals surface area contributed by atoms with Crippen LogP contribution in [0.3, 0.4) is 0 Å². The molecular weight excluding hydrogens is 268 g/mol. The normalized spacial score (nSPS) is 22.3. The number of pyridine rings is 1. The highest BCUT2D eigenvalue weighted by Gasteiger charge is 2.28. The summed E-state index contributed by atoms with van der Waals surface area (Å²) in [4.78, 5) is 15.9. The Hall–Kier alpha value is -1.62. The highest BCUT2D eigenvalue weighted by molar-refractivity contribution is 5.88. The van der Waals surface area contributed by atoms with Crippen LogP contribution in [0.5, 0.6) is 0 Å². The first kappa shape index (κ1) is 15.8. The van der Waals surface area contributed by atoms with Gasteiger partial charge in [-0.2, -0.15) is 0 Å². The predicted molar refractivity (Wildman–Crippen MR) is 82.0 cm³/mol. The van der Waals surface area contributed by atoms with Gasteiger partial charge in [0.1, 0.15) is 5.82 Å². The van der Waals surface area contributed by atoms with Crippen molar-refractivity contribution in [2.45, 2.75) is 57.6 Å². The quantitative estimate of drug-likeness (QED) is 0.892. The lowest BCUT2D eigenvalue weighted by atomic mass is 9.90. The van der Waals surface area contributed by atoms with Gasteiger partial charge in [0.15, 0.2) is 0 Å². The molecule has 0 spiro atoms. The van der Waals surface area contributed by atoms with E-state index >= 15 is 0 Å². The molecule has 0 radical (unpaired) electrons. The molecule has 0 amide bonds. The molecule has 5 heteroatoms. The van der Waals surface area contributed by atoms with Crippen molar-refractivity contribution >= 4 is 11.8 Å². The van der Waals surface area contributed by atoms with Gasteiger partial charge in [-0.25, -0.2) is 9.78 Å². The summed E-state index contributed by atoms with van der Waals surface area (Å²) in [6, 6.07) is 3.44. The fourth-order valence-corrected chi connectivity index (χ4v) is 2.68. The van der Waals surface area contributed by atoms with Crippen molar-refractivity contribution in [1.82, 2.24) is 4.98 Å². The topological polar surface area (TPSA) is 71.5 Å². The first-order valence-corrected chi connectivity index (χ1v) is 7.36. The smallest absolute Gasteiger partial charge is 0.335 e. The Morgan fingerprint density at radius 2 is 2.10 bits per heavy atom. The van der Waals surface area contributed by atoms with Crippen LogP contribution in [0.15, 0.2) is 12.1 Å². The Morgan fingerprint density at radius 3 is 2.67 bits per heavy atom. The minimum atomic E-state index is -0.930. The van der Waals surface area contributed by atoms with Crippen molar-refractivity contribution in [1.29, 1.82) is 0 Å².